The van der Waals surface area contributed by atoms with E-state index in [9.17, 15) is 13.2 Å². The molecule has 0 N–H and O–H groups in total. The molecule has 0 saturated carbocycles. The van der Waals surface area contributed by atoms with Crippen LogP contribution in [0.3, 0.4) is 0 Å². The minimum Gasteiger partial charge on any atom is -0.341 e. The van der Waals surface area contributed by atoms with Crippen LogP contribution in [-0.2, 0) is 0 Å². The zero-order chi connectivity index (χ0) is 22.3. The first-order chi connectivity index (χ1) is 14.2. The van der Waals surface area contributed by atoms with Crippen molar-refractivity contribution in [1.82, 2.24) is 4.90 Å². The summed E-state index contributed by atoms with van der Waals surface area (Å²) >= 11 is 0. The van der Waals surface area contributed by atoms with E-state index < -0.39 is 17.5 Å². The molecule has 6 heteroatoms. The highest BCUT2D eigenvalue weighted by Gasteiger charge is 2.18. The van der Waals surface area contributed by atoms with E-state index in [1.807, 2.05) is 18.7 Å². The van der Waals surface area contributed by atoms with Gasteiger partial charge in [0.25, 0.3) is 0 Å². The Kier molecular flexibility index (Phi) is 8.88. The second-order valence-corrected chi connectivity index (χ2v) is 8.04. The average molecular weight is 420 g/mol. The van der Waals surface area contributed by atoms with Crippen LogP contribution in [0, 0.1) is 23.4 Å². The van der Waals surface area contributed by atoms with Gasteiger partial charge in [-0.2, -0.15) is 0 Å². The molecule has 0 aromatic heterocycles. The Morgan fingerprint density at radius 1 is 1.00 bits per heavy atom. The Labute approximate surface area is 178 Å². The molecule has 0 radical (unpaired) electrons. The van der Waals surface area contributed by atoms with E-state index in [4.69, 9.17) is 4.99 Å². The molecular formula is C24H32F3N3. The maximum absolute atomic E-state index is 14.2. The van der Waals surface area contributed by atoms with Crippen molar-refractivity contribution < 1.29 is 13.2 Å². The number of likely N-dealkylation sites (tertiary alicyclic amines) is 1. The molecular weight excluding hydrogens is 387 g/mol. The van der Waals surface area contributed by atoms with Gasteiger partial charge in [-0.1, -0.05) is 32.1 Å². The highest BCUT2D eigenvalue weighted by molar-refractivity contribution is 5.98. The van der Waals surface area contributed by atoms with Gasteiger partial charge in [-0.05, 0) is 57.9 Å². The molecule has 1 aliphatic rings. The Balaban J connectivity index is 2.36. The maximum atomic E-state index is 14.2. The lowest BCUT2D eigenvalue weighted by atomic mass is 9.91. The van der Waals surface area contributed by atoms with Crippen LogP contribution in [0.5, 0.6) is 0 Å². The fourth-order valence-electron chi connectivity index (χ4n) is 3.63. The summed E-state index contributed by atoms with van der Waals surface area (Å²) in [5, 5.41) is 0. The number of rotatable bonds is 7. The number of halogens is 3. The normalized spacial score (nSPS) is 16.5. The summed E-state index contributed by atoms with van der Waals surface area (Å²) in [6.45, 7) is 15.6. The van der Waals surface area contributed by atoms with Crippen molar-refractivity contribution in [3.05, 3.63) is 53.9 Å². The van der Waals surface area contributed by atoms with Gasteiger partial charge in [-0.15, -0.1) is 0 Å². The summed E-state index contributed by atoms with van der Waals surface area (Å²) in [5.41, 5.74) is 1.88. The minimum absolute atomic E-state index is 0.0218. The summed E-state index contributed by atoms with van der Waals surface area (Å²) < 4.78 is 41.1. The molecule has 0 spiro atoms. The standard InChI is InChI=1S/C24H32F3N3/c1-6-10-19(16(2)3)13-17(4)28-24(30-11-8-7-9-12-30)29-18(5)20-14-22(26)23(27)15-21(20)25/h14-15,19H,2,5-13H2,1,3-4H3/b28-17-,29-24?. The molecule has 0 amide bonds. The van der Waals surface area contributed by atoms with Crippen LogP contribution >= 0.6 is 0 Å². The number of hydrogen-bond acceptors (Lipinski definition) is 1. The van der Waals surface area contributed by atoms with Crippen molar-refractivity contribution in [1.29, 1.82) is 0 Å². The molecule has 164 valence electrons. The third-order valence-electron chi connectivity index (χ3n) is 5.36. The molecule has 2 rings (SSSR count). The first-order valence-corrected chi connectivity index (χ1v) is 10.6. The molecule has 30 heavy (non-hydrogen) atoms. The number of piperidine rings is 1. The van der Waals surface area contributed by atoms with Crippen molar-refractivity contribution in [2.75, 3.05) is 13.1 Å². The Morgan fingerprint density at radius 2 is 1.63 bits per heavy atom. The van der Waals surface area contributed by atoms with Crippen molar-refractivity contribution in [2.24, 2.45) is 15.9 Å². The van der Waals surface area contributed by atoms with Gasteiger partial charge >= 0.3 is 0 Å². The second kappa shape index (κ2) is 11.1. The third-order valence-corrected chi connectivity index (χ3v) is 5.36. The predicted octanol–water partition coefficient (Wildman–Crippen LogP) is 6.76. The van der Waals surface area contributed by atoms with E-state index in [-0.39, 0.29) is 11.3 Å². The first kappa shape index (κ1) is 23.9. The van der Waals surface area contributed by atoms with Crippen molar-refractivity contribution in [3.63, 3.8) is 0 Å². The van der Waals surface area contributed by atoms with Gasteiger partial charge in [-0.25, -0.2) is 23.2 Å². The average Bonchev–Trinajstić information content (AvgIpc) is 2.70. The zero-order valence-corrected chi connectivity index (χ0v) is 18.3. The van der Waals surface area contributed by atoms with Crippen LogP contribution in [0.4, 0.5) is 13.2 Å². The Morgan fingerprint density at radius 3 is 2.23 bits per heavy atom. The van der Waals surface area contributed by atoms with Gasteiger partial charge in [0, 0.05) is 30.4 Å². The van der Waals surface area contributed by atoms with Gasteiger partial charge in [0.1, 0.15) is 5.82 Å². The van der Waals surface area contributed by atoms with Crippen LogP contribution in [-0.4, -0.2) is 29.7 Å². The van der Waals surface area contributed by atoms with E-state index >= 15 is 0 Å². The minimum atomic E-state index is -1.24. The molecule has 1 fully saturated rings. The topological polar surface area (TPSA) is 28.0 Å². The van der Waals surface area contributed by atoms with E-state index in [1.54, 1.807) is 0 Å². The maximum Gasteiger partial charge on any atom is 0.225 e. The van der Waals surface area contributed by atoms with Crippen molar-refractivity contribution in [2.45, 2.75) is 59.3 Å². The highest BCUT2D eigenvalue weighted by Crippen LogP contribution is 2.24. The van der Waals surface area contributed by atoms with E-state index in [0.717, 1.165) is 69.0 Å². The van der Waals surface area contributed by atoms with Crippen LogP contribution < -0.4 is 0 Å². The van der Waals surface area contributed by atoms with Gasteiger partial charge < -0.3 is 4.90 Å². The lowest BCUT2D eigenvalue weighted by Gasteiger charge is -2.28. The zero-order valence-electron chi connectivity index (χ0n) is 18.3. The van der Waals surface area contributed by atoms with Gasteiger partial charge in [-0.3, -0.25) is 0 Å². The number of benzene rings is 1. The van der Waals surface area contributed by atoms with Gasteiger partial charge in [0.05, 0.1) is 5.70 Å². The van der Waals surface area contributed by atoms with Crippen molar-refractivity contribution >= 4 is 17.4 Å². The summed E-state index contributed by atoms with van der Waals surface area (Å²) in [6.07, 6.45) is 6.03. The Hall–Kier alpha value is -2.37. The van der Waals surface area contributed by atoms with Gasteiger partial charge in [0.15, 0.2) is 11.6 Å². The predicted molar refractivity (Wildman–Crippen MR) is 119 cm³/mol. The second-order valence-electron chi connectivity index (χ2n) is 8.04. The summed E-state index contributed by atoms with van der Waals surface area (Å²) in [5.74, 6) is -2.48. The van der Waals surface area contributed by atoms with E-state index in [0.29, 0.717) is 17.9 Å². The lowest BCUT2D eigenvalue weighted by molar-refractivity contribution is 0.339. The van der Waals surface area contributed by atoms with Crippen LogP contribution in [0.1, 0.15) is 64.9 Å². The molecule has 1 aromatic carbocycles. The summed E-state index contributed by atoms with van der Waals surface area (Å²) in [7, 11) is 0. The van der Waals surface area contributed by atoms with E-state index in [2.05, 4.69) is 25.1 Å². The molecule has 3 nitrogen and oxygen atoms in total. The summed E-state index contributed by atoms with van der Waals surface area (Å²) in [6, 6.07) is 1.31. The summed E-state index contributed by atoms with van der Waals surface area (Å²) in [4.78, 5) is 11.2. The monoisotopic (exact) mass is 419 g/mol. The Bertz CT molecular complexity index is 836. The highest BCUT2D eigenvalue weighted by atomic mass is 19.2. The molecule has 1 heterocycles. The van der Waals surface area contributed by atoms with E-state index in [1.165, 1.54) is 0 Å². The quantitative estimate of drug-likeness (QED) is 0.208. The molecule has 0 aliphatic carbocycles. The number of aliphatic imine (C=N–C) groups is 2. The molecule has 1 aliphatic heterocycles. The molecule has 1 aromatic rings. The number of hydrogen-bond donors (Lipinski definition) is 0. The molecule has 0 bridgehead atoms. The third kappa shape index (κ3) is 6.57. The van der Waals surface area contributed by atoms with Crippen LogP contribution in [0.2, 0.25) is 0 Å². The number of nitrogens with zero attached hydrogens (tertiary/aromatic N) is 3. The number of guanidine groups is 1. The SMILES string of the molecule is C=C(N=C(/N=C(/C)CC(CCC)C(=C)C)N1CCCCC1)c1cc(F)c(F)cc1F. The fraction of sp³-hybridized carbons (Fsp3) is 0.500. The largest absolute Gasteiger partial charge is 0.341 e. The molecule has 1 saturated heterocycles. The first-order valence-electron chi connectivity index (χ1n) is 10.6. The molecule has 1 unspecified atom stereocenters. The van der Waals surface area contributed by atoms with Crippen LogP contribution in [0.25, 0.3) is 5.70 Å². The van der Waals surface area contributed by atoms with Crippen molar-refractivity contribution in [3.8, 4) is 0 Å². The lowest BCUT2D eigenvalue weighted by Crippen LogP contribution is -2.35. The molecule has 1 atom stereocenters. The number of allylic oxidation sites excluding steroid dienone is 1. The fourth-order valence-corrected chi connectivity index (χ4v) is 3.63. The smallest absolute Gasteiger partial charge is 0.225 e. The van der Waals surface area contributed by atoms with Crippen LogP contribution in [0.15, 0.2) is 40.8 Å². The van der Waals surface area contributed by atoms with Gasteiger partial charge in [0.2, 0.25) is 5.96 Å².